The molecule has 2 rings (SSSR count). The molecular formula is C12H14N4O. The van der Waals surface area contributed by atoms with Gasteiger partial charge in [-0.05, 0) is 24.6 Å². The van der Waals surface area contributed by atoms with Crippen LogP contribution >= 0.6 is 0 Å². The van der Waals surface area contributed by atoms with E-state index in [0.29, 0.717) is 24.3 Å². The molecule has 5 nitrogen and oxygen atoms in total. The summed E-state index contributed by atoms with van der Waals surface area (Å²) in [6.45, 7) is 1.86. The van der Waals surface area contributed by atoms with E-state index >= 15 is 0 Å². The van der Waals surface area contributed by atoms with E-state index in [4.69, 9.17) is 11.0 Å². The van der Waals surface area contributed by atoms with Crippen LogP contribution < -0.4 is 16.0 Å². The zero-order chi connectivity index (χ0) is 12.3. The first kappa shape index (κ1) is 11.3. The first-order valence-corrected chi connectivity index (χ1v) is 5.52. The summed E-state index contributed by atoms with van der Waals surface area (Å²) in [5.74, 6) is 0.0189. The predicted octanol–water partition coefficient (Wildman–Crippen LogP) is 0.467. The smallest absolute Gasteiger partial charge is 0.239 e. The summed E-state index contributed by atoms with van der Waals surface area (Å²) in [5.41, 5.74) is 7.57. The Kier molecular flexibility index (Phi) is 3.15. The predicted molar refractivity (Wildman–Crippen MR) is 65.4 cm³/mol. The summed E-state index contributed by atoms with van der Waals surface area (Å²) in [7, 11) is 0. The van der Waals surface area contributed by atoms with Gasteiger partial charge in [-0.3, -0.25) is 4.79 Å². The lowest BCUT2D eigenvalue weighted by Crippen LogP contribution is -2.33. The number of nitriles is 1. The fourth-order valence-corrected chi connectivity index (χ4v) is 1.88. The second-order valence-corrected chi connectivity index (χ2v) is 4.01. The van der Waals surface area contributed by atoms with Crippen LogP contribution in [0.1, 0.15) is 12.0 Å². The maximum Gasteiger partial charge on any atom is 0.239 e. The number of hydrogen-bond donors (Lipinski definition) is 2. The number of carbonyl (C=O) groups is 1. The van der Waals surface area contributed by atoms with Crippen molar-refractivity contribution in [2.24, 2.45) is 0 Å². The Labute approximate surface area is 99.8 Å². The Balaban J connectivity index is 2.24. The summed E-state index contributed by atoms with van der Waals surface area (Å²) in [6, 6.07) is 7.29. The summed E-state index contributed by atoms with van der Waals surface area (Å²) >= 11 is 0. The van der Waals surface area contributed by atoms with Gasteiger partial charge in [0.1, 0.15) is 6.07 Å². The van der Waals surface area contributed by atoms with E-state index in [-0.39, 0.29) is 5.91 Å². The van der Waals surface area contributed by atoms with Crippen LogP contribution in [0.5, 0.6) is 0 Å². The van der Waals surface area contributed by atoms with Crippen molar-refractivity contribution >= 4 is 17.3 Å². The first-order valence-electron chi connectivity index (χ1n) is 5.52. The van der Waals surface area contributed by atoms with Gasteiger partial charge in [-0.15, -0.1) is 0 Å². The fraction of sp³-hybridized carbons (Fsp3) is 0.333. The monoisotopic (exact) mass is 230 g/mol. The number of hydrogen-bond acceptors (Lipinski definition) is 4. The number of carbonyl (C=O) groups excluding carboxylic acids is 1. The Morgan fingerprint density at radius 2 is 2.29 bits per heavy atom. The van der Waals surface area contributed by atoms with Gasteiger partial charge < -0.3 is 16.0 Å². The molecule has 1 heterocycles. The lowest BCUT2D eigenvalue weighted by molar-refractivity contribution is -0.119. The Hall–Kier alpha value is -2.22. The van der Waals surface area contributed by atoms with Crippen LogP contribution in [0.3, 0.4) is 0 Å². The van der Waals surface area contributed by atoms with Crippen LogP contribution in [0.2, 0.25) is 0 Å². The van der Waals surface area contributed by atoms with Gasteiger partial charge >= 0.3 is 0 Å². The lowest BCUT2D eigenvalue weighted by atomic mass is 10.1. The molecule has 17 heavy (non-hydrogen) atoms. The highest BCUT2D eigenvalue weighted by molar-refractivity contribution is 5.82. The average Bonchev–Trinajstić information content (AvgIpc) is 2.54. The van der Waals surface area contributed by atoms with Crippen molar-refractivity contribution in [1.82, 2.24) is 5.32 Å². The van der Waals surface area contributed by atoms with Crippen LogP contribution in [0, 0.1) is 11.3 Å². The summed E-state index contributed by atoms with van der Waals surface area (Å²) < 4.78 is 0. The van der Waals surface area contributed by atoms with E-state index < -0.39 is 0 Å². The minimum absolute atomic E-state index is 0.0189. The third-order valence-electron chi connectivity index (χ3n) is 2.78. The molecule has 1 saturated heterocycles. The van der Waals surface area contributed by atoms with E-state index in [9.17, 15) is 4.79 Å². The van der Waals surface area contributed by atoms with Crippen LogP contribution in [0.15, 0.2) is 18.2 Å². The molecule has 1 aliphatic rings. The van der Waals surface area contributed by atoms with Gasteiger partial charge in [-0.2, -0.15) is 5.26 Å². The molecule has 5 heteroatoms. The molecule has 1 aromatic rings. The van der Waals surface area contributed by atoms with E-state index in [0.717, 1.165) is 18.7 Å². The normalized spacial score (nSPS) is 15.9. The number of nitrogens with zero attached hydrogens (tertiary/aromatic N) is 2. The molecule has 0 aliphatic carbocycles. The minimum atomic E-state index is 0.0189. The van der Waals surface area contributed by atoms with E-state index in [1.54, 1.807) is 12.1 Å². The number of amides is 1. The average molecular weight is 230 g/mol. The first-order chi connectivity index (χ1) is 8.20. The van der Waals surface area contributed by atoms with Crippen molar-refractivity contribution in [3.8, 4) is 6.07 Å². The second-order valence-electron chi connectivity index (χ2n) is 4.01. The topological polar surface area (TPSA) is 82.2 Å². The third-order valence-corrected chi connectivity index (χ3v) is 2.78. The van der Waals surface area contributed by atoms with Crippen molar-refractivity contribution in [2.45, 2.75) is 6.42 Å². The molecule has 0 bridgehead atoms. The standard InChI is InChI=1S/C12H14N4O/c13-7-9-2-3-10(6-11(9)14)16-5-1-4-15-12(17)8-16/h2-3,6H,1,4-5,8,14H2,(H,15,17). The van der Waals surface area contributed by atoms with Crippen LogP contribution in [-0.2, 0) is 4.79 Å². The molecule has 0 saturated carbocycles. The highest BCUT2D eigenvalue weighted by Crippen LogP contribution is 2.21. The highest BCUT2D eigenvalue weighted by Gasteiger charge is 2.15. The zero-order valence-corrected chi connectivity index (χ0v) is 9.44. The molecular weight excluding hydrogens is 216 g/mol. The zero-order valence-electron chi connectivity index (χ0n) is 9.44. The number of nitrogen functional groups attached to an aromatic ring is 1. The quantitative estimate of drug-likeness (QED) is 0.687. The number of nitrogens with one attached hydrogen (secondary N) is 1. The lowest BCUT2D eigenvalue weighted by Gasteiger charge is -2.21. The van der Waals surface area contributed by atoms with Gasteiger partial charge in [0.25, 0.3) is 0 Å². The van der Waals surface area contributed by atoms with E-state index in [1.807, 2.05) is 17.0 Å². The van der Waals surface area contributed by atoms with Crippen molar-refractivity contribution in [3.63, 3.8) is 0 Å². The molecule has 0 aromatic heterocycles. The largest absolute Gasteiger partial charge is 0.398 e. The molecule has 1 fully saturated rings. The molecule has 0 unspecified atom stereocenters. The van der Waals surface area contributed by atoms with Crippen molar-refractivity contribution in [3.05, 3.63) is 23.8 Å². The number of rotatable bonds is 1. The maximum absolute atomic E-state index is 11.4. The van der Waals surface area contributed by atoms with Gasteiger partial charge in [0.2, 0.25) is 5.91 Å². The van der Waals surface area contributed by atoms with E-state index in [1.165, 1.54) is 0 Å². The minimum Gasteiger partial charge on any atom is -0.398 e. The maximum atomic E-state index is 11.4. The molecule has 1 amide bonds. The van der Waals surface area contributed by atoms with E-state index in [2.05, 4.69) is 5.32 Å². The number of anilines is 2. The van der Waals surface area contributed by atoms with Gasteiger partial charge in [0, 0.05) is 18.8 Å². The molecule has 88 valence electrons. The molecule has 3 N–H and O–H groups in total. The number of nitrogens with two attached hydrogens (primary N) is 1. The Bertz CT molecular complexity index is 478. The summed E-state index contributed by atoms with van der Waals surface area (Å²) in [4.78, 5) is 13.4. The van der Waals surface area contributed by atoms with Crippen LogP contribution in [0.25, 0.3) is 0 Å². The molecule has 0 radical (unpaired) electrons. The van der Waals surface area contributed by atoms with Crippen molar-refractivity contribution in [2.75, 3.05) is 30.3 Å². The molecule has 1 aliphatic heterocycles. The Morgan fingerprint density at radius 1 is 1.47 bits per heavy atom. The van der Waals surface area contributed by atoms with Crippen LogP contribution in [0.4, 0.5) is 11.4 Å². The summed E-state index contributed by atoms with van der Waals surface area (Å²) in [6.07, 6.45) is 0.908. The van der Waals surface area contributed by atoms with Crippen LogP contribution in [-0.4, -0.2) is 25.5 Å². The molecule has 0 spiro atoms. The molecule has 0 atom stereocenters. The Morgan fingerprint density at radius 3 is 3.00 bits per heavy atom. The van der Waals surface area contributed by atoms with Crippen molar-refractivity contribution < 1.29 is 4.79 Å². The molecule has 1 aromatic carbocycles. The van der Waals surface area contributed by atoms with Gasteiger partial charge in [0.15, 0.2) is 0 Å². The van der Waals surface area contributed by atoms with Gasteiger partial charge in [-0.1, -0.05) is 0 Å². The highest BCUT2D eigenvalue weighted by atomic mass is 16.2. The fourth-order valence-electron chi connectivity index (χ4n) is 1.88. The second kappa shape index (κ2) is 4.74. The van der Waals surface area contributed by atoms with Gasteiger partial charge in [-0.25, -0.2) is 0 Å². The van der Waals surface area contributed by atoms with Gasteiger partial charge in [0.05, 0.1) is 17.8 Å². The summed E-state index contributed by atoms with van der Waals surface area (Å²) in [5, 5.41) is 11.6. The third kappa shape index (κ3) is 2.48. The number of benzene rings is 1. The van der Waals surface area contributed by atoms with Crippen molar-refractivity contribution in [1.29, 1.82) is 5.26 Å². The SMILES string of the molecule is N#Cc1ccc(N2CCCNC(=O)C2)cc1N.